The summed E-state index contributed by atoms with van der Waals surface area (Å²) >= 11 is 1.74. The molecule has 2 atom stereocenters. The molecule has 3 nitrogen and oxygen atoms in total. The molecule has 1 N–H and O–H groups in total. The van der Waals surface area contributed by atoms with E-state index in [1.54, 1.807) is 18.4 Å². The second-order valence-electron chi connectivity index (χ2n) is 4.07. The van der Waals surface area contributed by atoms with Crippen LogP contribution < -0.4 is 5.32 Å². The molecule has 0 saturated carbocycles. The van der Waals surface area contributed by atoms with E-state index in [-0.39, 0.29) is 6.10 Å². The molecule has 0 radical (unpaired) electrons. The molecule has 4 heteroatoms. The molecule has 0 aliphatic carbocycles. The quantitative estimate of drug-likeness (QED) is 0.711. The molecular formula is C12H22N2OS. The number of aromatic nitrogens is 1. The van der Waals surface area contributed by atoms with Crippen LogP contribution in [-0.4, -0.2) is 30.8 Å². The van der Waals surface area contributed by atoms with Gasteiger partial charge < -0.3 is 10.1 Å². The summed E-state index contributed by atoms with van der Waals surface area (Å²) in [6.45, 7) is 5.31. The number of methoxy groups -OCH3 is 1. The van der Waals surface area contributed by atoms with Crippen LogP contribution >= 0.6 is 11.3 Å². The van der Waals surface area contributed by atoms with Gasteiger partial charge in [-0.1, -0.05) is 0 Å². The number of hydrogen-bond acceptors (Lipinski definition) is 4. The number of rotatable bonds is 8. The van der Waals surface area contributed by atoms with Gasteiger partial charge >= 0.3 is 0 Å². The van der Waals surface area contributed by atoms with Crippen molar-refractivity contribution in [1.29, 1.82) is 0 Å². The summed E-state index contributed by atoms with van der Waals surface area (Å²) in [5.74, 6) is 0. The minimum Gasteiger partial charge on any atom is -0.380 e. The SMILES string of the molecule is COC(C)C(C)NCCCCc1nccs1. The third-order valence-corrected chi connectivity index (χ3v) is 3.68. The summed E-state index contributed by atoms with van der Waals surface area (Å²) in [7, 11) is 1.76. The van der Waals surface area contributed by atoms with Crippen LogP contribution in [0.4, 0.5) is 0 Å². The van der Waals surface area contributed by atoms with E-state index >= 15 is 0 Å². The van der Waals surface area contributed by atoms with Gasteiger partial charge in [-0.2, -0.15) is 0 Å². The fourth-order valence-corrected chi connectivity index (χ4v) is 2.14. The molecule has 0 aliphatic heterocycles. The Hall–Kier alpha value is -0.450. The van der Waals surface area contributed by atoms with Gasteiger partial charge in [0.1, 0.15) is 0 Å². The van der Waals surface area contributed by atoms with Crippen molar-refractivity contribution in [3.63, 3.8) is 0 Å². The van der Waals surface area contributed by atoms with E-state index in [1.807, 2.05) is 11.6 Å². The standard InChI is InChI=1S/C12H22N2OS/c1-10(11(2)15-3)13-7-5-4-6-12-14-8-9-16-12/h8-11,13H,4-7H2,1-3H3. The van der Waals surface area contributed by atoms with Gasteiger partial charge in [0.25, 0.3) is 0 Å². The van der Waals surface area contributed by atoms with E-state index in [4.69, 9.17) is 4.74 Å². The molecule has 1 heterocycles. The first kappa shape index (κ1) is 13.6. The molecule has 0 amide bonds. The fraction of sp³-hybridized carbons (Fsp3) is 0.750. The maximum Gasteiger partial charge on any atom is 0.0924 e. The molecule has 16 heavy (non-hydrogen) atoms. The Kier molecular flexibility index (Phi) is 6.61. The van der Waals surface area contributed by atoms with Crippen LogP contribution in [0.5, 0.6) is 0 Å². The molecule has 0 saturated heterocycles. The predicted octanol–water partition coefficient (Wildman–Crippen LogP) is 2.48. The molecule has 0 spiro atoms. The molecule has 0 aliphatic rings. The number of thiazole rings is 1. The van der Waals surface area contributed by atoms with Gasteiger partial charge in [-0.3, -0.25) is 0 Å². The smallest absolute Gasteiger partial charge is 0.0924 e. The first-order valence-electron chi connectivity index (χ1n) is 5.88. The van der Waals surface area contributed by atoms with Gasteiger partial charge in [0.2, 0.25) is 0 Å². The lowest BCUT2D eigenvalue weighted by Crippen LogP contribution is -2.37. The summed E-state index contributed by atoms with van der Waals surface area (Å²) in [5, 5.41) is 6.76. The van der Waals surface area contributed by atoms with Gasteiger partial charge in [0.15, 0.2) is 0 Å². The number of nitrogens with one attached hydrogen (secondary N) is 1. The van der Waals surface area contributed by atoms with Crippen LogP contribution in [0.2, 0.25) is 0 Å². The zero-order chi connectivity index (χ0) is 11.8. The molecule has 2 unspecified atom stereocenters. The van der Waals surface area contributed by atoms with Crippen LogP contribution in [0.15, 0.2) is 11.6 Å². The molecule has 0 aromatic carbocycles. The lowest BCUT2D eigenvalue weighted by molar-refractivity contribution is 0.0887. The van der Waals surface area contributed by atoms with Gasteiger partial charge in [-0.15, -0.1) is 11.3 Å². The Morgan fingerprint density at radius 1 is 1.44 bits per heavy atom. The Morgan fingerprint density at radius 2 is 2.25 bits per heavy atom. The van der Waals surface area contributed by atoms with Crippen molar-refractivity contribution < 1.29 is 4.74 Å². The molecule has 1 rings (SSSR count). The van der Waals surface area contributed by atoms with Crippen molar-refractivity contribution in [3.8, 4) is 0 Å². The van der Waals surface area contributed by atoms with E-state index in [0.717, 1.165) is 13.0 Å². The maximum atomic E-state index is 5.26. The number of ether oxygens (including phenoxy) is 1. The molecule has 1 aromatic rings. The summed E-state index contributed by atoms with van der Waals surface area (Å²) in [4.78, 5) is 4.27. The minimum atomic E-state index is 0.277. The normalized spacial score (nSPS) is 14.9. The second kappa shape index (κ2) is 7.76. The zero-order valence-electron chi connectivity index (χ0n) is 10.4. The van der Waals surface area contributed by atoms with E-state index < -0.39 is 0 Å². The molecule has 0 bridgehead atoms. The van der Waals surface area contributed by atoms with Gasteiger partial charge in [0.05, 0.1) is 11.1 Å². The van der Waals surface area contributed by atoms with Crippen LogP contribution in [0.3, 0.4) is 0 Å². The average Bonchev–Trinajstić information content (AvgIpc) is 2.80. The van der Waals surface area contributed by atoms with E-state index in [1.165, 1.54) is 17.8 Å². The van der Waals surface area contributed by atoms with Crippen LogP contribution in [0.1, 0.15) is 31.7 Å². The van der Waals surface area contributed by atoms with E-state index in [0.29, 0.717) is 6.04 Å². The van der Waals surface area contributed by atoms with Crippen molar-refractivity contribution >= 4 is 11.3 Å². The highest BCUT2D eigenvalue weighted by atomic mass is 32.1. The largest absolute Gasteiger partial charge is 0.380 e. The maximum absolute atomic E-state index is 5.26. The van der Waals surface area contributed by atoms with E-state index in [2.05, 4.69) is 24.1 Å². The monoisotopic (exact) mass is 242 g/mol. The predicted molar refractivity (Wildman–Crippen MR) is 69.0 cm³/mol. The second-order valence-corrected chi connectivity index (χ2v) is 5.05. The van der Waals surface area contributed by atoms with Crippen molar-refractivity contribution in [2.45, 2.75) is 45.3 Å². The number of hydrogen-bond donors (Lipinski definition) is 1. The van der Waals surface area contributed by atoms with E-state index in [9.17, 15) is 0 Å². The Labute approximate surface area is 102 Å². The van der Waals surface area contributed by atoms with Gasteiger partial charge in [-0.25, -0.2) is 4.98 Å². The molecular weight excluding hydrogens is 220 g/mol. The minimum absolute atomic E-state index is 0.277. The van der Waals surface area contributed by atoms with Crippen molar-refractivity contribution in [1.82, 2.24) is 10.3 Å². The summed E-state index contributed by atoms with van der Waals surface area (Å²) in [5.41, 5.74) is 0. The number of nitrogens with zero attached hydrogens (tertiary/aromatic N) is 1. The van der Waals surface area contributed by atoms with Crippen LogP contribution in [0.25, 0.3) is 0 Å². The molecule has 1 aromatic heterocycles. The van der Waals surface area contributed by atoms with Crippen molar-refractivity contribution in [3.05, 3.63) is 16.6 Å². The summed E-state index contributed by atoms with van der Waals surface area (Å²) in [6, 6.07) is 0.421. The fourth-order valence-electron chi connectivity index (χ4n) is 1.48. The highest BCUT2D eigenvalue weighted by molar-refractivity contribution is 7.09. The van der Waals surface area contributed by atoms with Gasteiger partial charge in [-0.05, 0) is 39.7 Å². The highest BCUT2D eigenvalue weighted by Crippen LogP contribution is 2.07. The summed E-state index contributed by atoms with van der Waals surface area (Å²) in [6.07, 6.45) is 5.65. The van der Waals surface area contributed by atoms with Crippen LogP contribution in [0, 0.1) is 0 Å². The number of aryl methyl sites for hydroxylation is 1. The molecule has 0 fully saturated rings. The Bertz CT molecular complexity index is 264. The first-order chi connectivity index (χ1) is 7.74. The van der Waals surface area contributed by atoms with Gasteiger partial charge in [0, 0.05) is 24.7 Å². The average molecular weight is 242 g/mol. The van der Waals surface area contributed by atoms with Crippen molar-refractivity contribution in [2.75, 3.05) is 13.7 Å². The topological polar surface area (TPSA) is 34.1 Å². The third-order valence-electron chi connectivity index (χ3n) is 2.84. The van der Waals surface area contributed by atoms with Crippen molar-refractivity contribution in [2.24, 2.45) is 0 Å². The Morgan fingerprint density at radius 3 is 2.88 bits per heavy atom. The highest BCUT2D eigenvalue weighted by Gasteiger charge is 2.09. The lowest BCUT2D eigenvalue weighted by atomic mass is 10.2. The first-order valence-corrected chi connectivity index (χ1v) is 6.76. The lowest BCUT2D eigenvalue weighted by Gasteiger charge is -2.19. The molecule has 92 valence electrons. The van der Waals surface area contributed by atoms with Crippen LogP contribution in [-0.2, 0) is 11.2 Å². The Balaban J connectivity index is 1.99. The number of unbranched alkanes of at least 4 members (excludes halogenated alkanes) is 1. The zero-order valence-corrected chi connectivity index (χ0v) is 11.2. The third kappa shape index (κ3) is 5.05. The summed E-state index contributed by atoms with van der Waals surface area (Å²) < 4.78 is 5.26.